The Morgan fingerprint density at radius 2 is 1.90 bits per heavy atom. The zero-order valence-corrected chi connectivity index (χ0v) is 16.9. The number of carbonyl (C=O) groups is 2. The minimum absolute atomic E-state index is 0.0407. The smallest absolute Gasteiger partial charge is 0.269 e. The van der Waals surface area contributed by atoms with Gasteiger partial charge in [-0.15, -0.1) is 11.3 Å². The summed E-state index contributed by atoms with van der Waals surface area (Å²) in [5.41, 5.74) is 11.4. The third-order valence-electron chi connectivity index (χ3n) is 4.67. The molecular weight excluding hydrogens is 410 g/mol. The molecule has 0 unspecified atom stereocenters. The SMILES string of the molecule is Cc1c(C(N)=O)sc2nc(Cc3ccc([N+](=O)[O-])cc3)n(CCCC(N)=O)c(=O)c12. The van der Waals surface area contributed by atoms with Crippen LogP contribution in [-0.4, -0.2) is 26.3 Å². The van der Waals surface area contributed by atoms with E-state index >= 15 is 0 Å². The minimum Gasteiger partial charge on any atom is -0.370 e. The first-order chi connectivity index (χ1) is 14.2. The molecule has 2 aromatic heterocycles. The van der Waals surface area contributed by atoms with Gasteiger partial charge in [-0.2, -0.15) is 0 Å². The van der Waals surface area contributed by atoms with E-state index in [4.69, 9.17) is 11.5 Å². The van der Waals surface area contributed by atoms with Crippen molar-refractivity contribution in [3.63, 3.8) is 0 Å². The number of thiophene rings is 1. The summed E-state index contributed by atoms with van der Waals surface area (Å²) in [5, 5.41) is 11.2. The van der Waals surface area contributed by atoms with Gasteiger partial charge in [0.2, 0.25) is 5.91 Å². The Balaban J connectivity index is 2.09. The number of fused-ring (bicyclic) bond motifs is 1. The molecule has 30 heavy (non-hydrogen) atoms. The molecule has 0 radical (unpaired) electrons. The number of amides is 2. The number of nitrogens with zero attached hydrogens (tertiary/aromatic N) is 3. The van der Waals surface area contributed by atoms with Gasteiger partial charge >= 0.3 is 0 Å². The summed E-state index contributed by atoms with van der Waals surface area (Å²) in [5.74, 6) is -0.688. The summed E-state index contributed by atoms with van der Waals surface area (Å²) in [7, 11) is 0. The Labute approximate surface area is 174 Å². The number of aryl methyl sites for hydroxylation is 1. The minimum atomic E-state index is -0.632. The maximum absolute atomic E-state index is 13.2. The van der Waals surface area contributed by atoms with Crippen molar-refractivity contribution in [3.8, 4) is 0 Å². The summed E-state index contributed by atoms with van der Waals surface area (Å²) in [4.78, 5) is 51.6. The van der Waals surface area contributed by atoms with Crippen LogP contribution in [0.15, 0.2) is 29.1 Å². The van der Waals surface area contributed by atoms with Gasteiger partial charge in [0.15, 0.2) is 0 Å². The Morgan fingerprint density at radius 3 is 2.47 bits per heavy atom. The van der Waals surface area contributed by atoms with Crippen LogP contribution < -0.4 is 17.0 Å². The van der Waals surface area contributed by atoms with Crippen LogP contribution in [0.2, 0.25) is 0 Å². The third-order valence-corrected chi connectivity index (χ3v) is 5.87. The maximum atomic E-state index is 13.2. The van der Waals surface area contributed by atoms with Gasteiger partial charge < -0.3 is 11.5 Å². The lowest BCUT2D eigenvalue weighted by Crippen LogP contribution is -2.26. The first-order valence-corrected chi connectivity index (χ1v) is 9.85. The average molecular weight is 429 g/mol. The lowest BCUT2D eigenvalue weighted by Gasteiger charge is -2.12. The molecular formula is C19H19N5O5S. The van der Waals surface area contributed by atoms with Crippen molar-refractivity contribution in [2.24, 2.45) is 11.5 Å². The number of rotatable bonds is 8. The summed E-state index contributed by atoms with van der Waals surface area (Å²) >= 11 is 1.05. The maximum Gasteiger partial charge on any atom is 0.269 e. The molecule has 0 aliphatic rings. The summed E-state index contributed by atoms with van der Waals surface area (Å²) in [6.45, 7) is 1.86. The van der Waals surface area contributed by atoms with E-state index in [1.807, 2.05) is 0 Å². The van der Waals surface area contributed by atoms with Crippen molar-refractivity contribution in [3.05, 3.63) is 66.6 Å². The Hall–Kier alpha value is -3.60. The first-order valence-electron chi connectivity index (χ1n) is 9.03. The van der Waals surface area contributed by atoms with E-state index < -0.39 is 16.7 Å². The quantitative estimate of drug-likeness (QED) is 0.408. The molecule has 0 aliphatic heterocycles. The second-order valence-corrected chi connectivity index (χ2v) is 7.75. The number of nitro benzene ring substituents is 1. The molecule has 0 aliphatic carbocycles. The molecule has 0 saturated heterocycles. The molecule has 10 nitrogen and oxygen atoms in total. The van der Waals surface area contributed by atoms with Crippen LogP contribution in [0.1, 0.15) is 39.5 Å². The Kier molecular flexibility index (Phi) is 5.92. The molecule has 156 valence electrons. The van der Waals surface area contributed by atoms with Crippen LogP contribution in [0, 0.1) is 17.0 Å². The molecule has 0 saturated carbocycles. The predicted molar refractivity (Wildman–Crippen MR) is 111 cm³/mol. The first kappa shape index (κ1) is 21.1. The van der Waals surface area contributed by atoms with Crippen LogP contribution in [0.3, 0.4) is 0 Å². The fraction of sp³-hybridized carbons (Fsp3) is 0.263. The monoisotopic (exact) mass is 429 g/mol. The second-order valence-electron chi connectivity index (χ2n) is 6.76. The van der Waals surface area contributed by atoms with E-state index in [0.29, 0.717) is 28.0 Å². The highest BCUT2D eigenvalue weighted by Crippen LogP contribution is 2.27. The van der Waals surface area contributed by atoms with Gasteiger partial charge in [-0.1, -0.05) is 12.1 Å². The van der Waals surface area contributed by atoms with Crippen LogP contribution in [-0.2, 0) is 17.8 Å². The van der Waals surface area contributed by atoms with Gasteiger partial charge in [-0.05, 0) is 24.5 Å². The summed E-state index contributed by atoms with van der Waals surface area (Å²) < 4.78 is 1.46. The van der Waals surface area contributed by atoms with Gasteiger partial charge in [0.25, 0.3) is 17.2 Å². The number of hydrogen-bond donors (Lipinski definition) is 2. The molecule has 0 spiro atoms. The molecule has 11 heteroatoms. The molecule has 2 heterocycles. The number of hydrogen-bond acceptors (Lipinski definition) is 7. The topological polar surface area (TPSA) is 164 Å². The standard InChI is InChI=1S/C19H19N5O5S/c1-10-15-18(30-16(10)17(21)26)22-14(23(19(15)27)8-2-3-13(20)25)9-11-4-6-12(7-5-11)24(28)29/h4-7H,2-3,8-9H2,1H3,(H2,20,25)(H2,21,26). The van der Waals surface area contributed by atoms with Gasteiger partial charge in [-0.3, -0.25) is 29.1 Å². The number of non-ortho nitro benzene ring substituents is 1. The molecule has 1 aromatic carbocycles. The van der Waals surface area contributed by atoms with E-state index in [2.05, 4.69) is 4.98 Å². The lowest BCUT2D eigenvalue weighted by molar-refractivity contribution is -0.384. The van der Waals surface area contributed by atoms with Crippen molar-refractivity contribution >= 4 is 39.1 Å². The highest BCUT2D eigenvalue weighted by atomic mass is 32.1. The second kappa shape index (κ2) is 8.41. The molecule has 3 aromatic rings. The number of benzene rings is 1. The van der Waals surface area contributed by atoms with Crippen LogP contribution in [0.25, 0.3) is 10.2 Å². The fourth-order valence-corrected chi connectivity index (χ4v) is 4.23. The van der Waals surface area contributed by atoms with Crippen LogP contribution in [0.4, 0.5) is 5.69 Å². The van der Waals surface area contributed by atoms with Crippen molar-refractivity contribution in [2.45, 2.75) is 32.7 Å². The van der Waals surface area contributed by atoms with Crippen LogP contribution in [0.5, 0.6) is 0 Å². The molecule has 4 N–H and O–H groups in total. The largest absolute Gasteiger partial charge is 0.370 e. The lowest BCUT2D eigenvalue weighted by atomic mass is 10.1. The van der Waals surface area contributed by atoms with Gasteiger partial charge in [0.05, 0.1) is 15.2 Å². The normalized spacial score (nSPS) is 11.0. The molecule has 2 amide bonds. The van der Waals surface area contributed by atoms with E-state index in [0.717, 1.165) is 16.9 Å². The van der Waals surface area contributed by atoms with Gasteiger partial charge in [0.1, 0.15) is 10.7 Å². The van der Waals surface area contributed by atoms with Crippen molar-refractivity contribution in [2.75, 3.05) is 0 Å². The van der Waals surface area contributed by atoms with E-state index in [1.54, 1.807) is 19.1 Å². The van der Waals surface area contributed by atoms with Crippen LogP contribution >= 0.6 is 11.3 Å². The molecule has 0 bridgehead atoms. The highest BCUT2D eigenvalue weighted by Gasteiger charge is 2.20. The van der Waals surface area contributed by atoms with E-state index in [-0.39, 0.29) is 35.5 Å². The number of nitrogens with two attached hydrogens (primary N) is 2. The third kappa shape index (κ3) is 4.20. The predicted octanol–water partition coefficient (Wildman–Crippen LogP) is 1.63. The fourth-order valence-electron chi connectivity index (χ4n) is 3.19. The summed E-state index contributed by atoms with van der Waals surface area (Å²) in [6, 6.07) is 5.95. The number of aromatic nitrogens is 2. The zero-order valence-electron chi connectivity index (χ0n) is 16.1. The Morgan fingerprint density at radius 1 is 1.23 bits per heavy atom. The number of nitro groups is 1. The van der Waals surface area contributed by atoms with Crippen molar-refractivity contribution in [1.29, 1.82) is 0 Å². The van der Waals surface area contributed by atoms with Crippen molar-refractivity contribution < 1.29 is 14.5 Å². The zero-order chi connectivity index (χ0) is 22.0. The van der Waals surface area contributed by atoms with Gasteiger partial charge in [-0.25, -0.2) is 4.98 Å². The molecule has 3 rings (SSSR count). The summed E-state index contributed by atoms with van der Waals surface area (Å²) in [6.07, 6.45) is 0.695. The van der Waals surface area contributed by atoms with Gasteiger partial charge in [0, 0.05) is 31.5 Å². The van der Waals surface area contributed by atoms with Crippen molar-refractivity contribution in [1.82, 2.24) is 9.55 Å². The highest BCUT2D eigenvalue weighted by molar-refractivity contribution is 7.20. The molecule has 0 atom stereocenters. The average Bonchev–Trinajstić information content (AvgIpc) is 3.01. The van der Waals surface area contributed by atoms with E-state index in [1.165, 1.54) is 16.7 Å². The number of carbonyl (C=O) groups excluding carboxylic acids is 2. The number of primary amides is 2. The molecule has 0 fully saturated rings. The Bertz CT molecular complexity index is 1210. The van der Waals surface area contributed by atoms with E-state index in [9.17, 15) is 24.5 Å².